The van der Waals surface area contributed by atoms with Crippen molar-refractivity contribution in [3.63, 3.8) is 0 Å². The second-order valence-corrected chi connectivity index (χ2v) is 3.32. The zero-order chi connectivity index (χ0) is 10.7. The van der Waals surface area contributed by atoms with E-state index in [1.165, 1.54) is 0 Å². The number of rotatable bonds is 2. The molecule has 0 saturated heterocycles. The van der Waals surface area contributed by atoms with E-state index in [2.05, 4.69) is 9.97 Å². The first-order chi connectivity index (χ1) is 7.29. The molecule has 0 aliphatic rings. The highest BCUT2D eigenvalue weighted by atomic mass is 35.5. The molecule has 0 bridgehead atoms. The number of aldehydes is 1. The van der Waals surface area contributed by atoms with Crippen LogP contribution in [0.5, 0.6) is 0 Å². The lowest BCUT2D eigenvalue weighted by molar-refractivity contribution is 0.111. The molecule has 74 valence electrons. The molecule has 0 radical (unpaired) electrons. The zero-order valence-electron chi connectivity index (χ0n) is 7.72. The van der Waals surface area contributed by atoms with Crippen LogP contribution in [0.1, 0.15) is 10.5 Å². The van der Waals surface area contributed by atoms with Gasteiger partial charge in [-0.3, -0.25) is 9.78 Å². The standard InChI is InChI=1S/C11H7ClN2O/c12-11-3-1-2-10(14-11)8-4-5-9(7-15)13-6-8/h1-7H. The predicted octanol–water partition coefficient (Wildman–Crippen LogP) is 2.61. The quantitative estimate of drug-likeness (QED) is 0.575. The molecule has 0 amide bonds. The minimum absolute atomic E-state index is 0.403. The van der Waals surface area contributed by atoms with Crippen molar-refractivity contribution >= 4 is 17.9 Å². The van der Waals surface area contributed by atoms with Gasteiger partial charge in [0.15, 0.2) is 6.29 Å². The lowest BCUT2D eigenvalue weighted by Gasteiger charge is -2.00. The molecule has 15 heavy (non-hydrogen) atoms. The Morgan fingerprint density at radius 1 is 1.20 bits per heavy atom. The van der Waals surface area contributed by atoms with Crippen LogP contribution in [-0.4, -0.2) is 16.3 Å². The summed E-state index contributed by atoms with van der Waals surface area (Å²) in [7, 11) is 0. The Balaban J connectivity index is 2.41. The van der Waals surface area contributed by atoms with Crippen molar-refractivity contribution in [2.24, 2.45) is 0 Å². The van der Waals surface area contributed by atoms with Crippen LogP contribution in [0.2, 0.25) is 5.15 Å². The third-order valence-electron chi connectivity index (χ3n) is 1.92. The number of carbonyl (C=O) groups is 1. The van der Waals surface area contributed by atoms with Crippen LogP contribution in [0.3, 0.4) is 0 Å². The summed E-state index contributed by atoms with van der Waals surface area (Å²) in [5, 5.41) is 0.437. The number of hydrogen-bond acceptors (Lipinski definition) is 3. The zero-order valence-corrected chi connectivity index (χ0v) is 8.48. The average molecular weight is 219 g/mol. The molecule has 0 N–H and O–H groups in total. The fraction of sp³-hybridized carbons (Fsp3) is 0. The van der Waals surface area contributed by atoms with Gasteiger partial charge in [0.1, 0.15) is 10.8 Å². The van der Waals surface area contributed by atoms with E-state index in [0.29, 0.717) is 17.1 Å². The molecule has 0 aromatic carbocycles. The first-order valence-corrected chi connectivity index (χ1v) is 4.71. The summed E-state index contributed by atoms with van der Waals surface area (Å²) in [6.45, 7) is 0. The highest BCUT2D eigenvalue weighted by Gasteiger charge is 2.00. The van der Waals surface area contributed by atoms with Gasteiger partial charge in [-0.05, 0) is 24.3 Å². The Morgan fingerprint density at radius 3 is 2.67 bits per heavy atom. The van der Waals surface area contributed by atoms with Crippen LogP contribution in [0, 0.1) is 0 Å². The largest absolute Gasteiger partial charge is 0.296 e. The Morgan fingerprint density at radius 2 is 2.07 bits per heavy atom. The van der Waals surface area contributed by atoms with Gasteiger partial charge < -0.3 is 0 Å². The highest BCUT2D eigenvalue weighted by molar-refractivity contribution is 6.29. The van der Waals surface area contributed by atoms with Gasteiger partial charge in [-0.2, -0.15) is 0 Å². The summed E-state index contributed by atoms with van der Waals surface area (Å²) in [5.41, 5.74) is 1.98. The minimum Gasteiger partial charge on any atom is -0.296 e. The molecule has 0 aliphatic heterocycles. The summed E-state index contributed by atoms with van der Waals surface area (Å²) < 4.78 is 0. The van der Waals surface area contributed by atoms with Gasteiger partial charge >= 0.3 is 0 Å². The number of hydrogen-bond donors (Lipinski definition) is 0. The Kier molecular flexibility index (Phi) is 2.74. The van der Waals surface area contributed by atoms with Crippen molar-refractivity contribution in [1.29, 1.82) is 0 Å². The van der Waals surface area contributed by atoms with Crippen molar-refractivity contribution < 1.29 is 4.79 Å². The maximum Gasteiger partial charge on any atom is 0.168 e. The van der Waals surface area contributed by atoms with Crippen LogP contribution in [0.15, 0.2) is 36.5 Å². The normalized spacial score (nSPS) is 9.93. The molecule has 0 aliphatic carbocycles. The van der Waals surface area contributed by atoms with Gasteiger partial charge in [-0.1, -0.05) is 17.7 Å². The van der Waals surface area contributed by atoms with Crippen LogP contribution in [0.4, 0.5) is 0 Å². The van der Waals surface area contributed by atoms with Gasteiger partial charge in [-0.15, -0.1) is 0 Å². The molecule has 0 unspecified atom stereocenters. The lowest BCUT2D eigenvalue weighted by Crippen LogP contribution is -1.88. The fourth-order valence-corrected chi connectivity index (χ4v) is 1.36. The van der Waals surface area contributed by atoms with Crippen molar-refractivity contribution in [1.82, 2.24) is 9.97 Å². The first-order valence-electron chi connectivity index (χ1n) is 4.34. The monoisotopic (exact) mass is 218 g/mol. The molecule has 2 heterocycles. The Bertz CT molecular complexity index is 482. The minimum atomic E-state index is 0.403. The SMILES string of the molecule is O=Cc1ccc(-c2cccc(Cl)n2)cn1. The van der Waals surface area contributed by atoms with Crippen LogP contribution in [-0.2, 0) is 0 Å². The fourth-order valence-electron chi connectivity index (χ4n) is 1.20. The number of aromatic nitrogens is 2. The Hall–Kier alpha value is -1.74. The van der Waals surface area contributed by atoms with Gasteiger partial charge in [-0.25, -0.2) is 4.98 Å². The number of carbonyl (C=O) groups excluding carboxylic acids is 1. The van der Waals surface area contributed by atoms with E-state index >= 15 is 0 Å². The van der Waals surface area contributed by atoms with E-state index in [0.717, 1.165) is 11.3 Å². The van der Waals surface area contributed by atoms with Gasteiger partial charge in [0.05, 0.1) is 5.69 Å². The Labute approximate surface area is 91.8 Å². The van der Waals surface area contributed by atoms with Crippen molar-refractivity contribution in [2.45, 2.75) is 0 Å². The molecule has 2 aromatic rings. The van der Waals surface area contributed by atoms with Crippen LogP contribution in [0.25, 0.3) is 11.3 Å². The number of pyridine rings is 2. The summed E-state index contributed by atoms with van der Waals surface area (Å²) in [6.07, 6.45) is 2.30. The van der Waals surface area contributed by atoms with Crippen molar-refractivity contribution in [3.8, 4) is 11.3 Å². The van der Waals surface area contributed by atoms with Gasteiger partial charge in [0.25, 0.3) is 0 Å². The first kappa shape index (κ1) is 9.80. The predicted molar refractivity (Wildman–Crippen MR) is 57.9 cm³/mol. The molecule has 4 heteroatoms. The smallest absolute Gasteiger partial charge is 0.168 e. The average Bonchev–Trinajstić information content (AvgIpc) is 2.29. The summed E-state index contributed by atoms with van der Waals surface area (Å²) in [6, 6.07) is 8.79. The van der Waals surface area contributed by atoms with E-state index in [-0.39, 0.29) is 0 Å². The van der Waals surface area contributed by atoms with Gasteiger partial charge in [0, 0.05) is 11.8 Å². The second-order valence-electron chi connectivity index (χ2n) is 2.94. The molecular formula is C11H7ClN2O. The molecule has 3 nitrogen and oxygen atoms in total. The van der Waals surface area contributed by atoms with Crippen molar-refractivity contribution in [2.75, 3.05) is 0 Å². The third-order valence-corrected chi connectivity index (χ3v) is 2.13. The molecule has 0 spiro atoms. The highest BCUT2D eigenvalue weighted by Crippen LogP contribution is 2.17. The summed E-state index contributed by atoms with van der Waals surface area (Å²) in [4.78, 5) is 18.5. The van der Waals surface area contributed by atoms with E-state index < -0.39 is 0 Å². The topological polar surface area (TPSA) is 42.9 Å². The maximum atomic E-state index is 10.4. The number of nitrogens with zero attached hydrogens (tertiary/aromatic N) is 2. The van der Waals surface area contributed by atoms with E-state index in [1.807, 2.05) is 12.1 Å². The van der Waals surface area contributed by atoms with Crippen LogP contribution >= 0.6 is 11.6 Å². The van der Waals surface area contributed by atoms with E-state index in [9.17, 15) is 4.79 Å². The van der Waals surface area contributed by atoms with Crippen molar-refractivity contribution in [3.05, 3.63) is 47.4 Å². The van der Waals surface area contributed by atoms with Crippen LogP contribution < -0.4 is 0 Å². The molecule has 0 saturated carbocycles. The second kappa shape index (κ2) is 4.19. The summed E-state index contributed by atoms with van der Waals surface area (Å²) >= 11 is 5.77. The van der Waals surface area contributed by atoms with Gasteiger partial charge in [0.2, 0.25) is 0 Å². The maximum absolute atomic E-state index is 10.4. The molecule has 0 atom stereocenters. The molecule has 2 aromatic heterocycles. The third kappa shape index (κ3) is 2.19. The number of halogens is 1. The van der Waals surface area contributed by atoms with E-state index in [1.54, 1.807) is 24.4 Å². The molecular weight excluding hydrogens is 212 g/mol. The lowest BCUT2D eigenvalue weighted by atomic mass is 10.2. The summed E-state index contributed by atoms with van der Waals surface area (Å²) in [5.74, 6) is 0. The molecule has 0 fully saturated rings. The molecule has 2 rings (SSSR count). The van der Waals surface area contributed by atoms with E-state index in [4.69, 9.17) is 11.6 Å².